The van der Waals surface area contributed by atoms with Crippen LogP contribution >= 0.6 is 0 Å². The fourth-order valence-electron chi connectivity index (χ4n) is 5.68. The molecular formula is C28H28N2O. The Kier molecular flexibility index (Phi) is 4.23. The minimum absolute atomic E-state index is 0.00159. The first-order valence-electron chi connectivity index (χ1n) is 10.9. The van der Waals surface area contributed by atoms with Crippen molar-refractivity contribution in [2.45, 2.75) is 52.0 Å². The molecule has 2 aliphatic heterocycles. The Morgan fingerprint density at radius 2 is 1.55 bits per heavy atom. The van der Waals surface area contributed by atoms with Crippen molar-refractivity contribution in [1.82, 2.24) is 0 Å². The number of aryl methyl sites for hydroxylation is 2. The van der Waals surface area contributed by atoms with Gasteiger partial charge in [-0.3, -0.25) is 4.79 Å². The van der Waals surface area contributed by atoms with Crippen LogP contribution in [-0.4, -0.2) is 17.2 Å². The van der Waals surface area contributed by atoms with Crippen molar-refractivity contribution >= 4 is 23.0 Å². The lowest BCUT2D eigenvalue weighted by molar-refractivity contribution is -0.113. The SMILES string of the molecule is Cc1cc(C)cc(N=C2C(=O)N3c4c2cccc4[C@](C)(c2ccccc2)CC3(C)C)c1. The molecule has 3 nitrogen and oxygen atoms in total. The van der Waals surface area contributed by atoms with Crippen LogP contribution in [0.5, 0.6) is 0 Å². The normalized spacial score (nSPS) is 22.7. The third kappa shape index (κ3) is 2.95. The van der Waals surface area contributed by atoms with E-state index in [1.165, 1.54) is 11.1 Å². The molecule has 0 spiro atoms. The molecule has 0 aromatic heterocycles. The van der Waals surface area contributed by atoms with Crippen LogP contribution < -0.4 is 4.90 Å². The smallest absolute Gasteiger partial charge is 0.278 e. The largest absolute Gasteiger partial charge is 0.300 e. The summed E-state index contributed by atoms with van der Waals surface area (Å²) in [6.45, 7) is 10.8. The van der Waals surface area contributed by atoms with Crippen LogP contribution in [0.3, 0.4) is 0 Å². The third-order valence-corrected chi connectivity index (χ3v) is 6.76. The highest BCUT2D eigenvalue weighted by atomic mass is 16.2. The number of carbonyl (C=O) groups is 1. The summed E-state index contributed by atoms with van der Waals surface area (Å²) in [5.74, 6) is 0.00159. The topological polar surface area (TPSA) is 32.7 Å². The number of para-hydroxylation sites is 1. The summed E-state index contributed by atoms with van der Waals surface area (Å²) in [5, 5.41) is 0. The Balaban J connectivity index is 1.76. The maximum Gasteiger partial charge on any atom is 0.278 e. The Hall–Kier alpha value is -3.20. The summed E-state index contributed by atoms with van der Waals surface area (Å²) in [4.78, 5) is 20.6. The number of carbonyl (C=O) groups excluding carboxylic acids is 1. The fraction of sp³-hybridized carbons (Fsp3) is 0.286. The van der Waals surface area contributed by atoms with Crippen molar-refractivity contribution in [3.63, 3.8) is 0 Å². The second-order valence-corrected chi connectivity index (χ2v) is 9.84. The summed E-state index contributed by atoms with van der Waals surface area (Å²) in [6, 6.07) is 23.2. The standard InChI is InChI=1S/C28H28N2O/c1-18-14-19(2)16-21(15-18)29-24-22-12-9-13-23-25(22)30(26(24)31)27(3,4)17-28(23,5)20-10-7-6-8-11-20/h6-16H,17H2,1-5H3/t28-/m0/s1. The molecule has 3 aromatic rings. The van der Waals surface area contributed by atoms with E-state index in [0.717, 1.165) is 34.5 Å². The Morgan fingerprint density at radius 1 is 0.871 bits per heavy atom. The molecule has 2 aliphatic rings. The first kappa shape index (κ1) is 19.7. The van der Waals surface area contributed by atoms with Gasteiger partial charge in [-0.05, 0) is 68.5 Å². The van der Waals surface area contributed by atoms with E-state index in [1.54, 1.807) is 0 Å². The summed E-state index contributed by atoms with van der Waals surface area (Å²) >= 11 is 0. The molecule has 0 fully saturated rings. The highest BCUT2D eigenvalue weighted by Gasteiger charge is 2.52. The number of benzene rings is 3. The molecule has 0 N–H and O–H groups in total. The lowest BCUT2D eigenvalue weighted by atomic mass is 9.65. The zero-order valence-electron chi connectivity index (χ0n) is 18.9. The molecule has 3 heteroatoms. The maximum atomic E-state index is 13.7. The monoisotopic (exact) mass is 408 g/mol. The second-order valence-electron chi connectivity index (χ2n) is 9.84. The molecule has 3 aromatic carbocycles. The predicted molar refractivity (Wildman–Crippen MR) is 128 cm³/mol. The van der Waals surface area contributed by atoms with Crippen LogP contribution in [0.25, 0.3) is 0 Å². The lowest BCUT2D eigenvalue weighted by Gasteiger charge is -2.49. The molecule has 0 saturated carbocycles. The van der Waals surface area contributed by atoms with E-state index in [2.05, 4.69) is 83.1 Å². The van der Waals surface area contributed by atoms with E-state index >= 15 is 0 Å². The quantitative estimate of drug-likeness (QED) is 0.493. The average Bonchev–Trinajstić information content (AvgIpc) is 2.99. The first-order valence-corrected chi connectivity index (χ1v) is 10.9. The van der Waals surface area contributed by atoms with Crippen molar-refractivity contribution < 1.29 is 4.79 Å². The highest BCUT2D eigenvalue weighted by Crippen LogP contribution is 2.54. The van der Waals surface area contributed by atoms with Crippen LogP contribution in [-0.2, 0) is 10.2 Å². The minimum atomic E-state index is -0.329. The molecule has 0 saturated heterocycles. The van der Waals surface area contributed by atoms with Crippen LogP contribution in [0.15, 0.2) is 71.7 Å². The molecule has 2 heterocycles. The van der Waals surface area contributed by atoms with E-state index in [-0.39, 0.29) is 16.9 Å². The van der Waals surface area contributed by atoms with Crippen LogP contribution in [0.2, 0.25) is 0 Å². The maximum absolute atomic E-state index is 13.7. The van der Waals surface area contributed by atoms with Crippen LogP contribution in [0.4, 0.5) is 11.4 Å². The summed E-state index contributed by atoms with van der Waals surface area (Å²) in [6.07, 6.45) is 0.850. The number of anilines is 1. The second kappa shape index (κ2) is 6.65. The van der Waals surface area contributed by atoms with Gasteiger partial charge in [0.1, 0.15) is 5.71 Å². The van der Waals surface area contributed by atoms with Crippen LogP contribution in [0.1, 0.15) is 55.0 Å². The van der Waals surface area contributed by atoms with Gasteiger partial charge < -0.3 is 4.90 Å². The van der Waals surface area contributed by atoms with Crippen molar-refractivity contribution in [2.75, 3.05) is 4.90 Å². The highest BCUT2D eigenvalue weighted by molar-refractivity contribution is 6.55. The number of rotatable bonds is 2. The molecule has 156 valence electrons. The van der Waals surface area contributed by atoms with Crippen molar-refractivity contribution in [1.29, 1.82) is 0 Å². The lowest BCUT2D eigenvalue weighted by Crippen LogP contribution is -2.54. The van der Waals surface area contributed by atoms with E-state index in [1.807, 2.05) is 23.1 Å². The van der Waals surface area contributed by atoms with Crippen LogP contribution in [0, 0.1) is 13.8 Å². The van der Waals surface area contributed by atoms with Gasteiger partial charge >= 0.3 is 0 Å². The molecule has 5 rings (SSSR count). The van der Waals surface area contributed by atoms with Gasteiger partial charge in [0.25, 0.3) is 5.91 Å². The molecule has 0 aliphatic carbocycles. The molecule has 0 radical (unpaired) electrons. The van der Waals surface area contributed by atoms with E-state index in [4.69, 9.17) is 4.99 Å². The van der Waals surface area contributed by atoms with E-state index in [0.29, 0.717) is 5.71 Å². The number of amides is 1. The fourth-order valence-corrected chi connectivity index (χ4v) is 5.68. The molecule has 31 heavy (non-hydrogen) atoms. The predicted octanol–water partition coefficient (Wildman–Crippen LogP) is 6.26. The summed E-state index contributed by atoms with van der Waals surface area (Å²) < 4.78 is 0. The van der Waals surface area contributed by atoms with E-state index < -0.39 is 0 Å². The van der Waals surface area contributed by atoms with Gasteiger partial charge in [-0.2, -0.15) is 0 Å². The van der Waals surface area contributed by atoms with Gasteiger partial charge in [0.15, 0.2) is 0 Å². The van der Waals surface area contributed by atoms with Gasteiger partial charge in [-0.1, -0.05) is 61.5 Å². The average molecular weight is 409 g/mol. The van der Waals surface area contributed by atoms with Gasteiger partial charge in [0.2, 0.25) is 0 Å². The zero-order chi connectivity index (χ0) is 22.0. The summed E-state index contributed by atoms with van der Waals surface area (Å²) in [7, 11) is 0. The van der Waals surface area contributed by atoms with Crippen molar-refractivity contribution in [2.24, 2.45) is 4.99 Å². The van der Waals surface area contributed by atoms with Crippen molar-refractivity contribution in [3.8, 4) is 0 Å². The first-order chi connectivity index (χ1) is 14.7. The molecule has 0 bridgehead atoms. The molecular weight excluding hydrogens is 380 g/mol. The van der Waals surface area contributed by atoms with Gasteiger partial charge in [0, 0.05) is 16.5 Å². The number of hydrogen-bond acceptors (Lipinski definition) is 2. The van der Waals surface area contributed by atoms with Gasteiger partial charge in [0.05, 0.1) is 11.4 Å². The minimum Gasteiger partial charge on any atom is -0.300 e. The molecule has 0 unspecified atom stereocenters. The Bertz CT molecular complexity index is 1220. The number of aliphatic imine (C=N–C) groups is 1. The van der Waals surface area contributed by atoms with Gasteiger partial charge in [-0.25, -0.2) is 4.99 Å². The summed E-state index contributed by atoms with van der Waals surface area (Å²) in [5.41, 5.74) is 7.63. The van der Waals surface area contributed by atoms with Gasteiger partial charge in [-0.15, -0.1) is 0 Å². The Morgan fingerprint density at radius 3 is 2.23 bits per heavy atom. The molecule has 1 amide bonds. The van der Waals surface area contributed by atoms with E-state index in [9.17, 15) is 4.79 Å². The number of hydrogen-bond donors (Lipinski definition) is 0. The molecule has 1 atom stereocenters. The number of nitrogens with zero attached hydrogens (tertiary/aromatic N) is 2. The third-order valence-electron chi connectivity index (χ3n) is 6.76. The van der Waals surface area contributed by atoms with Crippen molar-refractivity contribution in [3.05, 3.63) is 94.5 Å². The Labute approximate surface area is 184 Å². The zero-order valence-corrected chi connectivity index (χ0v) is 18.9.